The number of anilines is 1. The van der Waals surface area contributed by atoms with Crippen molar-refractivity contribution < 1.29 is 14.0 Å². The van der Waals surface area contributed by atoms with E-state index in [0.29, 0.717) is 6.54 Å². The summed E-state index contributed by atoms with van der Waals surface area (Å²) in [6.45, 7) is 5.81. The number of imide groups is 1. The SMILES string of the molecule is O=C1[C@H]2CCCCN2C(=O)N1CCCN1CCN(c2ccc(F)cc2)CC1. The number of carbonyl (C=O) groups is 2. The van der Waals surface area contributed by atoms with Gasteiger partial charge in [-0.1, -0.05) is 0 Å². The minimum atomic E-state index is -0.209. The quantitative estimate of drug-likeness (QED) is 0.741. The Labute approximate surface area is 159 Å². The average molecular weight is 374 g/mol. The molecule has 7 heteroatoms. The number of rotatable bonds is 5. The van der Waals surface area contributed by atoms with Crippen LogP contribution >= 0.6 is 0 Å². The largest absolute Gasteiger partial charge is 0.369 e. The fourth-order valence-corrected chi connectivity index (χ4v) is 4.39. The van der Waals surface area contributed by atoms with Gasteiger partial charge in [-0.15, -0.1) is 0 Å². The van der Waals surface area contributed by atoms with Crippen LogP contribution in [0.25, 0.3) is 0 Å². The van der Waals surface area contributed by atoms with Crippen molar-refractivity contribution in [1.29, 1.82) is 0 Å². The van der Waals surface area contributed by atoms with Crippen LogP contribution in [0.4, 0.5) is 14.9 Å². The maximum atomic E-state index is 13.1. The zero-order valence-electron chi connectivity index (χ0n) is 15.6. The van der Waals surface area contributed by atoms with Gasteiger partial charge in [0.05, 0.1) is 0 Å². The molecule has 0 bridgehead atoms. The van der Waals surface area contributed by atoms with Gasteiger partial charge in [-0.2, -0.15) is 0 Å². The fraction of sp³-hybridized carbons (Fsp3) is 0.600. The Morgan fingerprint density at radius 2 is 1.67 bits per heavy atom. The first-order chi connectivity index (χ1) is 13.1. The molecule has 0 radical (unpaired) electrons. The number of urea groups is 1. The maximum Gasteiger partial charge on any atom is 0.327 e. The molecule has 1 aromatic carbocycles. The van der Waals surface area contributed by atoms with Crippen LogP contribution < -0.4 is 4.90 Å². The fourth-order valence-electron chi connectivity index (χ4n) is 4.39. The van der Waals surface area contributed by atoms with Crippen molar-refractivity contribution in [3.8, 4) is 0 Å². The van der Waals surface area contributed by atoms with Gasteiger partial charge in [0, 0.05) is 45.0 Å². The molecule has 3 heterocycles. The molecule has 1 atom stereocenters. The van der Waals surface area contributed by atoms with Gasteiger partial charge in [-0.25, -0.2) is 9.18 Å². The molecule has 0 N–H and O–H groups in total. The van der Waals surface area contributed by atoms with Crippen molar-refractivity contribution in [1.82, 2.24) is 14.7 Å². The van der Waals surface area contributed by atoms with Gasteiger partial charge in [-0.3, -0.25) is 14.6 Å². The van der Waals surface area contributed by atoms with Crippen LogP contribution in [0.3, 0.4) is 0 Å². The molecule has 3 fully saturated rings. The Bertz CT molecular complexity index is 664. The van der Waals surface area contributed by atoms with Crippen LogP contribution in [0.1, 0.15) is 25.7 Å². The second-order valence-corrected chi connectivity index (χ2v) is 7.64. The van der Waals surface area contributed by atoms with Gasteiger partial charge >= 0.3 is 6.03 Å². The summed E-state index contributed by atoms with van der Waals surface area (Å²) < 4.78 is 13.1. The predicted molar refractivity (Wildman–Crippen MR) is 101 cm³/mol. The van der Waals surface area contributed by atoms with E-state index in [4.69, 9.17) is 0 Å². The topological polar surface area (TPSA) is 47.1 Å². The Balaban J connectivity index is 1.22. The molecule has 4 rings (SSSR count). The number of benzene rings is 1. The molecule has 0 aliphatic carbocycles. The summed E-state index contributed by atoms with van der Waals surface area (Å²) in [6, 6.07) is 6.35. The predicted octanol–water partition coefficient (Wildman–Crippen LogP) is 2.15. The Morgan fingerprint density at radius 3 is 2.37 bits per heavy atom. The number of fused-ring (bicyclic) bond motifs is 1. The number of piperazine rings is 1. The normalized spacial score (nSPS) is 23.9. The Hall–Kier alpha value is -2.15. The number of hydrogen-bond donors (Lipinski definition) is 0. The van der Waals surface area contributed by atoms with Crippen molar-refractivity contribution in [3.63, 3.8) is 0 Å². The van der Waals surface area contributed by atoms with Gasteiger partial charge in [-0.05, 0) is 56.5 Å². The molecule has 0 aromatic heterocycles. The van der Waals surface area contributed by atoms with Crippen molar-refractivity contribution in [2.75, 3.05) is 50.7 Å². The van der Waals surface area contributed by atoms with Crippen LogP contribution in [-0.2, 0) is 4.79 Å². The Kier molecular flexibility index (Phi) is 5.29. The van der Waals surface area contributed by atoms with Crippen LogP contribution in [-0.4, -0.2) is 78.5 Å². The minimum Gasteiger partial charge on any atom is -0.369 e. The summed E-state index contributed by atoms with van der Waals surface area (Å²) in [5.74, 6) is -0.208. The third kappa shape index (κ3) is 3.78. The molecule has 3 aliphatic heterocycles. The Morgan fingerprint density at radius 1 is 0.926 bits per heavy atom. The average Bonchev–Trinajstić information content (AvgIpc) is 2.94. The third-order valence-corrected chi connectivity index (χ3v) is 5.95. The number of halogens is 1. The summed E-state index contributed by atoms with van der Waals surface area (Å²) in [7, 11) is 0. The molecule has 6 nitrogen and oxygen atoms in total. The highest BCUT2D eigenvalue weighted by Crippen LogP contribution is 2.26. The third-order valence-electron chi connectivity index (χ3n) is 5.95. The van der Waals surface area contributed by atoms with Crippen LogP contribution in [0.2, 0.25) is 0 Å². The van der Waals surface area contributed by atoms with E-state index in [1.807, 2.05) is 12.1 Å². The number of hydrogen-bond acceptors (Lipinski definition) is 4. The second-order valence-electron chi connectivity index (χ2n) is 7.64. The van der Waals surface area contributed by atoms with Crippen molar-refractivity contribution in [2.24, 2.45) is 0 Å². The molecule has 27 heavy (non-hydrogen) atoms. The summed E-state index contributed by atoms with van der Waals surface area (Å²) in [5.41, 5.74) is 1.06. The smallest absolute Gasteiger partial charge is 0.327 e. The lowest BCUT2D eigenvalue weighted by molar-refractivity contribution is -0.128. The minimum absolute atomic E-state index is 0.000768. The maximum absolute atomic E-state index is 13.1. The molecule has 3 aliphatic rings. The van der Waals surface area contributed by atoms with Crippen LogP contribution in [0.15, 0.2) is 24.3 Å². The molecule has 0 unspecified atom stereocenters. The first-order valence-electron chi connectivity index (χ1n) is 9.98. The highest BCUT2D eigenvalue weighted by Gasteiger charge is 2.45. The van der Waals surface area contributed by atoms with E-state index in [2.05, 4.69) is 9.80 Å². The number of nitrogens with zero attached hydrogens (tertiary/aromatic N) is 4. The number of carbonyl (C=O) groups excluding carboxylic acids is 2. The summed E-state index contributed by atoms with van der Waals surface area (Å²) >= 11 is 0. The van der Waals surface area contributed by atoms with E-state index in [-0.39, 0.29) is 23.8 Å². The van der Waals surface area contributed by atoms with Gasteiger partial charge in [0.15, 0.2) is 0 Å². The molecule has 3 amide bonds. The monoisotopic (exact) mass is 374 g/mol. The van der Waals surface area contributed by atoms with Crippen molar-refractivity contribution in [3.05, 3.63) is 30.1 Å². The van der Waals surface area contributed by atoms with Crippen molar-refractivity contribution >= 4 is 17.6 Å². The molecule has 146 valence electrons. The molecule has 1 aromatic rings. The molecular formula is C20H27FN4O2. The van der Waals surface area contributed by atoms with E-state index in [1.54, 1.807) is 4.90 Å². The second kappa shape index (κ2) is 7.84. The lowest BCUT2D eigenvalue weighted by atomic mass is 10.0. The highest BCUT2D eigenvalue weighted by molar-refractivity contribution is 6.04. The lowest BCUT2D eigenvalue weighted by Gasteiger charge is -2.36. The first-order valence-corrected chi connectivity index (χ1v) is 9.98. The lowest BCUT2D eigenvalue weighted by Crippen LogP contribution is -2.47. The molecule has 0 saturated carbocycles. The zero-order chi connectivity index (χ0) is 18.8. The van der Waals surface area contributed by atoms with Crippen molar-refractivity contribution in [2.45, 2.75) is 31.7 Å². The summed E-state index contributed by atoms with van der Waals surface area (Å²) in [5, 5.41) is 0. The summed E-state index contributed by atoms with van der Waals surface area (Å²) in [4.78, 5) is 32.8. The van der Waals surface area contributed by atoms with E-state index >= 15 is 0 Å². The zero-order valence-corrected chi connectivity index (χ0v) is 15.6. The van der Waals surface area contributed by atoms with Crippen LogP contribution in [0.5, 0.6) is 0 Å². The first kappa shape index (κ1) is 18.2. The number of piperidine rings is 1. The van der Waals surface area contributed by atoms with Crippen LogP contribution in [0, 0.1) is 5.82 Å². The van der Waals surface area contributed by atoms with E-state index < -0.39 is 0 Å². The standard InChI is InChI=1S/C20H27FN4O2/c21-16-5-7-17(8-6-16)23-14-12-22(13-15-23)9-3-11-25-19(26)18-4-1-2-10-24(18)20(25)27/h5-8,18H,1-4,9-15H2/t18-/m1/s1. The molecule has 3 saturated heterocycles. The van der Waals surface area contributed by atoms with Gasteiger partial charge in [0.1, 0.15) is 11.9 Å². The van der Waals surface area contributed by atoms with Gasteiger partial charge < -0.3 is 9.80 Å². The van der Waals surface area contributed by atoms with Gasteiger partial charge in [0.2, 0.25) is 0 Å². The van der Waals surface area contributed by atoms with E-state index in [0.717, 1.165) is 70.6 Å². The van der Waals surface area contributed by atoms with E-state index in [1.165, 1.54) is 17.0 Å². The molecular weight excluding hydrogens is 347 g/mol. The summed E-state index contributed by atoms with van der Waals surface area (Å²) in [6.07, 6.45) is 3.66. The highest BCUT2D eigenvalue weighted by atomic mass is 19.1. The molecule has 0 spiro atoms. The number of amides is 3. The van der Waals surface area contributed by atoms with Gasteiger partial charge in [0.25, 0.3) is 5.91 Å². The van der Waals surface area contributed by atoms with E-state index in [9.17, 15) is 14.0 Å².